The smallest absolute Gasteiger partial charge is 0.191 e. The Morgan fingerprint density at radius 2 is 2.21 bits per heavy atom. The molecule has 0 unspecified atom stereocenters. The molecule has 2 rings (SSSR count). The highest BCUT2D eigenvalue weighted by molar-refractivity contribution is 14.0. The lowest BCUT2D eigenvalue weighted by Crippen LogP contribution is -2.38. The monoisotopic (exact) mass is 527 g/mol. The Labute approximate surface area is 172 Å². The fourth-order valence-corrected chi connectivity index (χ4v) is 3.29. The predicted molar refractivity (Wildman–Crippen MR) is 113 cm³/mol. The number of thiophene rings is 1. The highest BCUT2D eigenvalue weighted by atomic mass is 127. The van der Waals surface area contributed by atoms with Crippen molar-refractivity contribution in [3.8, 4) is 0 Å². The molecule has 2 heterocycles. The molecular weight excluding hydrogens is 505 g/mol. The number of halogens is 2. The van der Waals surface area contributed by atoms with Crippen LogP contribution in [0.15, 0.2) is 43.7 Å². The minimum atomic E-state index is 0. The lowest BCUT2D eigenvalue weighted by molar-refractivity contribution is 0.105. The standard InChI is InChI=1S/C16H22BrN3O2S.HI/c1-2-18-16(20-11-14-6-7-15(17)23-14)19-8-4-9-21-12-13-5-3-10-22-13;/h3,5-7,10H,2,4,8-9,11-12H2,1H3,(H2,18,19,20);1H. The van der Waals surface area contributed by atoms with Gasteiger partial charge in [-0.2, -0.15) is 0 Å². The number of nitrogens with zero attached hydrogens (tertiary/aromatic N) is 1. The Hall–Kier alpha value is -0.580. The largest absolute Gasteiger partial charge is 0.467 e. The summed E-state index contributed by atoms with van der Waals surface area (Å²) in [6, 6.07) is 7.92. The van der Waals surface area contributed by atoms with Crippen molar-refractivity contribution in [2.24, 2.45) is 4.99 Å². The van der Waals surface area contributed by atoms with Gasteiger partial charge in [-0.3, -0.25) is 0 Å². The summed E-state index contributed by atoms with van der Waals surface area (Å²) in [7, 11) is 0. The SMILES string of the molecule is CCNC(=NCc1ccc(Br)s1)NCCCOCc1ccco1.I. The van der Waals surface area contributed by atoms with Gasteiger partial charge in [0.25, 0.3) is 0 Å². The molecule has 0 saturated carbocycles. The van der Waals surface area contributed by atoms with Crippen molar-refractivity contribution in [1.29, 1.82) is 0 Å². The zero-order valence-electron chi connectivity index (χ0n) is 13.6. The molecule has 0 fully saturated rings. The summed E-state index contributed by atoms with van der Waals surface area (Å²) >= 11 is 5.17. The van der Waals surface area contributed by atoms with Gasteiger partial charge >= 0.3 is 0 Å². The lowest BCUT2D eigenvalue weighted by atomic mass is 10.4. The highest BCUT2D eigenvalue weighted by Crippen LogP contribution is 2.22. The van der Waals surface area contributed by atoms with E-state index in [1.807, 2.05) is 18.2 Å². The molecule has 8 heteroatoms. The maximum absolute atomic E-state index is 5.55. The highest BCUT2D eigenvalue weighted by Gasteiger charge is 2.00. The molecule has 0 aliphatic carbocycles. The molecule has 2 aromatic heterocycles. The number of nitrogens with one attached hydrogen (secondary N) is 2. The van der Waals surface area contributed by atoms with Gasteiger partial charge in [-0.25, -0.2) is 4.99 Å². The minimum absolute atomic E-state index is 0. The van der Waals surface area contributed by atoms with Crippen molar-refractivity contribution in [2.45, 2.75) is 26.5 Å². The van der Waals surface area contributed by atoms with Crippen molar-refractivity contribution in [3.63, 3.8) is 0 Å². The normalized spacial score (nSPS) is 11.2. The van der Waals surface area contributed by atoms with Crippen LogP contribution in [0.25, 0.3) is 0 Å². The van der Waals surface area contributed by atoms with Gasteiger partial charge < -0.3 is 19.8 Å². The molecule has 0 radical (unpaired) electrons. The Balaban J connectivity index is 0.00000288. The van der Waals surface area contributed by atoms with Crippen molar-refractivity contribution in [2.75, 3.05) is 19.7 Å². The maximum Gasteiger partial charge on any atom is 0.191 e. The molecule has 0 aromatic carbocycles. The summed E-state index contributed by atoms with van der Waals surface area (Å²) in [4.78, 5) is 5.82. The first kappa shape index (κ1) is 21.5. The second kappa shape index (κ2) is 12.7. The van der Waals surface area contributed by atoms with Gasteiger partial charge in [0.05, 0.1) is 16.6 Å². The Morgan fingerprint density at radius 3 is 2.88 bits per heavy atom. The van der Waals surface area contributed by atoms with E-state index < -0.39 is 0 Å². The van der Waals surface area contributed by atoms with E-state index in [2.05, 4.69) is 44.5 Å². The molecule has 134 valence electrons. The van der Waals surface area contributed by atoms with Crippen LogP contribution in [0.2, 0.25) is 0 Å². The van der Waals surface area contributed by atoms with Crippen LogP contribution in [0, 0.1) is 0 Å². The molecule has 5 nitrogen and oxygen atoms in total. The second-order valence-corrected chi connectivity index (χ2v) is 7.36. The van der Waals surface area contributed by atoms with Crippen LogP contribution in [0.3, 0.4) is 0 Å². The summed E-state index contributed by atoms with van der Waals surface area (Å²) in [6.07, 6.45) is 2.57. The number of aliphatic imine (C=N–C) groups is 1. The average Bonchev–Trinajstić information content (AvgIpc) is 3.19. The van der Waals surface area contributed by atoms with Crippen molar-refractivity contribution in [3.05, 3.63) is 45.0 Å². The van der Waals surface area contributed by atoms with E-state index in [1.54, 1.807) is 17.6 Å². The number of rotatable bonds is 9. The van der Waals surface area contributed by atoms with E-state index in [9.17, 15) is 0 Å². The number of ether oxygens (including phenoxy) is 1. The van der Waals surface area contributed by atoms with Crippen LogP contribution in [0.1, 0.15) is 24.0 Å². The second-order valence-electron chi connectivity index (χ2n) is 4.81. The van der Waals surface area contributed by atoms with Gasteiger partial charge in [-0.15, -0.1) is 35.3 Å². The molecular formula is C16H23BrIN3O2S. The number of guanidine groups is 1. The summed E-state index contributed by atoms with van der Waals surface area (Å²) in [6.45, 7) is 5.61. The van der Waals surface area contributed by atoms with E-state index in [0.29, 0.717) is 19.8 Å². The predicted octanol–water partition coefficient (Wildman–Crippen LogP) is 4.38. The third-order valence-corrected chi connectivity index (χ3v) is 4.56. The third kappa shape index (κ3) is 8.50. The zero-order chi connectivity index (χ0) is 16.3. The number of furan rings is 1. The van der Waals surface area contributed by atoms with E-state index in [4.69, 9.17) is 9.15 Å². The van der Waals surface area contributed by atoms with Crippen molar-refractivity contribution >= 4 is 57.2 Å². The summed E-state index contributed by atoms with van der Waals surface area (Å²) in [5.74, 6) is 1.69. The van der Waals surface area contributed by atoms with E-state index in [-0.39, 0.29) is 24.0 Å². The molecule has 0 aliphatic heterocycles. The zero-order valence-corrected chi connectivity index (χ0v) is 18.3. The summed E-state index contributed by atoms with van der Waals surface area (Å²) in [5.41, 5.74) is 0. The summed E-state index contributed by atoms with van der Waals surface area (Å²) < 4.78 is 11.9. The number of hydrogen-bond donors (Lipinski definition) is 2. The first-order valence-corrected chi connectivity index (χ1v) is 9.25. The van der Waals surface area contributed by atoms with Gasteiger partial charge in [0.1, 0.15) is 12.4 Å². The third-order valence-electron chi connectivity index (χ3n) is 2.95. The molecule has 0 atom stereocenters. The molecule has 2 N–H and O–H groups in total. The van der Waals surface area contributed by atoms with E-state index >= 15 is 0 Å². The van der Waals surface area contributed by atoms with Crippen LogP contribution in [-0.2, 0) is 17.9 Å². The summed E-state index contributed by atoms with van der Waals surface area (Å²) in [5, 5.41) is 6.57. The molecule has 0 saturated heterocycles. The van der Waals surface area contributed by atoms with Crippen LogP contribution in [0.4, 0.5) is 0 Å². The minimum Gasteiger partial charge on any atom is -0.467 e. The van der Waals surface area contributed by atoms with Crippen LogP contribution < -0.4 is 10.6 Å². The van der Waals surface area contributed by atoms with Gasteiger partial charge in [0, 0.05) is 24.6 Å². The van der Waals surface area contributed by atoms with E-state index in [0.717, 1.165) is 35.0 Å². The molecule has 0 aliphatic rings. The van der Waals surface area contributed by atoms with Gasteiger partial charge in [-0.1, -0.05) is 0 Å². The number of hydrogen-bond acceptors (Lipinski definition) is 4. The van der Waals surface area contributed by atoms with Gasteiger partial charge in [0.15, 0.2) is 5.96 Å². The van der Waals surface area contributed by atoms with Crippen molar-refractivity contribution < 1.29 is 9.15 Å². The Morgan fingerprint density at radius 1 is 1.33 bits per heavy atom. The molecule has 2 aromatic rings. The van der Waals surface area contributed by atoms with Gasteiger partial charge in [0.2, 0.25) is 0 Å². The Kier molecular flexibility index (Phi) is 11.4. The first-order valence-electron chi connectivity index (χ1n) is 7.64. The topological polar surface area (TPSA) is 58.8 Å². The average molecular weight is 528 g/mol. The lowest BCUT2D eigenvalue weighted by Gasteiger charge is -2.11. The maximum atomic E-state index is 5.55. The van der Waals surface area contributed by atoms with Crippen LogP contribution >= 0.6 is 51.2 Å². The molecule has 24 heavy (non-hydrogen) atoms. The van der Waals surface area contributed by atoms with Gasteiger partial charge in [-0.05, 0) is 53.5 Å². The van der Waals surface area contributed by atoms with Crippen LogP contribution in [-0.4, -0.2) is 25.7 Å². The first-order chi connectivity index (χ1) is 11.3. The molecule has 0 amide bonds. The van der Waals surface area contributed by atoms with Crippen molar-refractivity contribution in [1.82, 2.24) is 10.6 Å². The quantitative estimate of drug-likeness (QED) is 0.220. The molecule has 0 bridgehead atoms. The van der Waals surface area contributed by atoms with Crippen LogP contribution in [0.5, 0.6) is 0 Å². The Bertz CT molecular complexity index is 590. The fraction of sp³-hybridized carbons (Fsp3) is 0.438. The fourth-order valence-electron chi connectivity index (χ4n) is 1.88. The molecule has 0 spiro atoms. The van der Waals surface area contributed by atoms with E-state index in [1.165, 1.54) is 4.88 Å².